The van der Waals surface area contributed by atoms with Crippen LogP contribution in [0.5, 0.6) is 0 Å². The molecule has 7 rings (SSSR count). The summed E-state index contributed by atoms with van der Waals surface area (Å²) in [5.74, 6) is 0.518. The molecule has 540 valence electrons. The number of hydrogen-bond acceptors (Lipinski definition) is 13. The number of benzene rings is 5. The Labute approximate surface area is 651 Å². The van der Waals surface area contributed by atoms with Crippen LogP contribution >= 0.6 is 0 Å². The molecule has 1 N–H and O–H groups in total. The molecule has 0 spiro atoms. The Hall–Kier alpha value is -3.10. The molecule has 6 aromatic rings. The maximum Gasteiger partial charge on any atom is 1.00 e. The minimum atomic E-state index is -6.65. The van der Waals surface area contributed by atoms with Crippen molar-refractivity contribution in [1.82, 2.24) is 8.61 Å². The molecule has 0 saturated heterocycles. The van der Waals surface area contributed by atoms with E-state index in [2.05, 4.69) is 76.2 Å². The summed E-state index contributed by atoms with van der Waals surface area (Å²) in [7, 11) is -30.2. The summed E-state index contributed by atoms with van der Waals surface area (Å²) >= 11 is 0. The third-order valence-corrected chi connectivity index (χ3v) is 31.1. The van der Waals surface area contributed by atoms with Crippen LogP contribution in [0, 0.1) is 34.6 Å². The van der Waals surface area contributed by atoms with E-state index in [-0.39, 0.29) is 130 Å². The average Bonchev–Trinajstić information content (AvgIpc) is 1.37. The van der Waals surface area contributed by atoms with Crippen LogP contribution in [-0.4, -0.2) is 125 Å². The fourth-order valence-corrected chi connectivity index (χ4v) is 23.8. The number of quaternary nitrogens is 1. The van der Waals surface area contributed by atoms with E-state index in [9.17, 15) is 90.0 Å². The van der Waals surface area contributed by atoms with Gasteiger partial charge in [-0.05, 0) is 143 Å². The van der Waals surface area contributed by atoms with E-state index in [0.29, 0.717) is 48.8 Å². The van der Waals surface area contributed by atoms with E-state index >= 15 is 0 Å². The van der Waals surface area contributed by atoms with Crippen LogP contribution in [0.25, 0.3) is 17.2 Å². The summed E-state index contributed by atoms with van der Waals surface area (Å²) < 4.78 is 266. The van der Waals surface area contributed by atoms with Gasteiger partial charge in [-0.2, -0.15) is 39.5 Å². The first-order chi connectivity index (χ1) is 44.5. The third kappa shape index (κ3) is 23.2. The number of rotatable bonds is 23. The molecular weight excluding hydrogens is 1460 g/mol. The van der Waals surface area contributed by atoms with Crippen LogP contribution in [0.1, 0.15) is 152 Å². The Morgan fingerprint density at radius 3 is 1.35 bits per heavy atom. The summed E-state index contributed by atoms with van der Waals surface area (Å²) in [6.07, 6.45) is 2.94. The minimum absolute atomic E-state index is 0. The van der Waals surface area contributed by atoms with Gasteiger partial charge in [-0.1, -0.05) is 160 Å². The van der Waals surface area contributed by atoms with Gasteiger partial charge in [-0.3, -0.25) is 0 Å². The van der Waals surface area contributed by atoms with E-state index < -0.39 is 107 Å². The number of sulfonamides is 2. The summed E-state index contributed by atoms with van der Waals surface area (Å²) in [6.45, 7) is 20.9. The normalized spacial score (nSPS) is 14.3. The van der Waals surface area contributed by atoms with Crippen molar-refractivity contribution in [3.8, 4) is 11.1 Å². The number of alkyl halides is 9. The molecule has 1 aliphatic carbocycles. The zero-order valence-electron chi connectivity index (χ0n) is 59.2. The van der Waals surface area contributed by atoms with Crippen molar-refractivity contribution >= 4 is 71.2 Å². The fourth-order valence-electron chi connectivity index (χ4n) is 10.3. The van der Waals surface area contributed by atoms with Crippen LogP contribution in [0.4, 0.5) is 45.2 Å². The molecular formula is C66H85F9KLi2N3O13S6+4. The van der Waals surface area contributed by atoms with E-state index in [4.69, 9.17) is 4.42 Å². The molecule has 4 atom stereocenters. The largest absolute Gasteiger partial charge is 1.00 e. The number of unbranched alkanes of at least 4 members (excludes halogenated alkanes) is 1. The molecule has 1 heterocycles. The second kappa shape index (κ2) is 38.4. The number of nitrogens with zero attached hydrogens (tertiary/aromatic N) is 2. The number of fused-ring (bicyclic) bond motifs is 3. The molecule has 0 bridgehead atoms. The third-order valence-electron chi connectivity index (χ3n) is 15.7. The van der Waals surface area contributed by atoms with E-state index in [1.54, 1.807) is 52.0 Å². The van der Waals surface area contributed by atoms with Crippen molar-refractivity contribution in [2.45, 2.75) is 155 Å². The van der Waals surface area contributed by atoms with Gasteiger partial charge in [0.2, 0.25) is 29.9 Å². The molecule has 1 aliphatic rings. The van der Waals surface area contributed by atoms with Crippen molar-refractivity contribution in [1.29, 1.82) is 0 Å². The first kappa shape index (κ1) is 94.9. The maximum absolute atomic E-state index is 13.3. The summed E-state index contributed by atoms with van der Waals surface area (Å²) in [4.78, 5) is 0.0352. The SMILES string of the molecule is C/C=C/c1oc(C)cc1S(=O)(=O)C(S(=O)(=O)N(C)C)S(=O)(=O)C(F)(F)F.CCCN(CCC)S(=O)(=O)C(CCCC[NH+](C)c1ccc(C)cc1)S(=O)(=O)C(F)(F)F.Cc1ccc(C(C)c2ccc(C(C)C)cc2)cc1.Cc1ccc2c(c1)C(S(=O)(=O)C(F)(F)F)c1cc(C)ccc1-2.[K+].[Li+].[Li+]. The molecule has 0 saturated carbocycles. The Bertz CT molecular complexity index is 4350. The van der Waals surface area contributed by atoms with E-state index in [1.165, 1.54) is 54.3 Å². The second-order valence-electron chi connectivity index (χ2n) is 24.0. The first-order valence-corrected chi connectivity index (χ1v) is 39.7. The van der Waals surface area contributed by atoms with E-state index in [0.717, 1.165) is 57.8 Å². The van der Waals surface area contributed by atoms with Crippen molar-refractivity contribution in [2.24, 2.45) is 0 Å². The fraction of sp³-hybridized carbons (Fsp3) is 0.455. The van der Waals surface area contributed by atoms with Crippen molar-refractivity contribution in [2.75, 3.05) is 40.8 Å². The number of aryl methyl sites for hydroxylation is 5. The molecule has 4 unspecified atom stereocenters. The van der Waals surface area contributed by atoms with Crippen LogP contribution in [0.3, 0.4) is 0 Å². The predicted molar refractivity (Wildman–Crippen MR) is 360 cm³/mol. The van der Waals surface area contributed by atoms with Gasteiger partial charge in [0.1, 0.15) is 27.4 Å². The Morgan fingerprint density at radius 1 is 0.550 bits per heavy atom. The molecule has 0 radical (unpaired) electrons. The quantitative estimate of drug-likeness (QED) is 0.0500. The van der Waals surface area contributed by atoms with Crippen LogP contribution in [-0.2, 0) is 59.4 Å². The van der Waals surface area contributed by atoms with Gasteiger partial charge >= 0.3 is 106 Å². The maximum atomic E-state index is 13.3. The van der Waals surface area contributed by atoms with Crippen molar-refractivity contribution in [3.05, 3.63) is 183 Å². The zero-order valence-corrected chi connectivity index (χ0v) is 67.2. The van der Waals surface area contributed by atoms with Gasteiger partial charge in [0.25, 0.3) is 33.4 Å². The smallest absolute Gasteiger partial charge is 0.461 e. The van der Waals surface area contributed by atoms with Crippen LogP contribution in [0.15, 0.2) is 131 Å². The molecule has 5 aromatic carbocycles. The minimum Gasteiger partial charge on any atom is -0.461 e. The number of sulfone groups is 4. The topological polar surface area (TPSA) is 229 Å². The molecule has 100 heavy (non-hydrogen) atoms. The van der Waals surface area contributed by atoms with Gasteiger partial charge < -0.3 is 9.32 Å². The van der Waals surface area contributed by atoms with Gasteiger partial charge in [0, 0.05) is 33.1 Å². The van der Waals surface area contributed by atoms with Gasteiger partial charge in [-0.15, -0.1) is 0 Å². The molecule has 16 nitrogen and oxygen atoms in total. The average molecular weight is 1540 g/mol. The van der Waals surface area contributed by atoms with Crippen LogP contribution in [0.2, 0.25) is 0 Å². The Kier molecular flexibility index (Phi) is 36.5. The summed E-state index contributed by atoms with van der Waals surface area (Å²) in [5, 5.41) is -1.68. The standard InChI is InChI=1S/C20H33F3N2O4S2.C18H22.C16H13F3O2S.C12H16F3NO7S3.K.2Li/c1-5-14-25(15-6-2)31(28,29)19(30(26,27)20(21,22)23)9-7-8-16-24(4)18-12-10-17(3)11-13-18;1-13(2)16-9-11-18(12-10-16)15(4)17-7-5-14(3)6-8-17;1-9-3-5-11-12-6-4-10(2)8-14(12)15(13(11)7-9)22(20,21)16(17,18)19;1-5-6-9-10(7-8(2)23-9)24(17,18)11(26(21,22)16(3)4)25(19,20)12(13,14)15;;;/h10-13,19H,5-9,14-16H2,1-4H3;5-13,15H,1-4H3;3-8,15H,1-2H3;5-7,11H,1-4H3;;;/q;;;;3*+1/p+1/b;;;6-5+;;;. The summed E-state index contributed by atoms with van der Waals surface area (Å²) in [5.41, 5.74) is -6.45. The van der Waals surface area contributed by atoms with Gasteiger partial charge in [-0.25, -0.2) is 59.1 Å². The second-order valence-corrected chi connectivity index (χ2v) is 37.7. The molecule has 0 fully saturated rings. The van der Waals surface area contributed by atoms with Gasteiger partial charge in [0.05, 0.1) is 13.6 Å². The molecule has 0 aliphatic heterocycles. The Morgan fingerprint density at radius 2 is 0.960 bits per heavy atom. The van der Waals surface area contributed by atoms with Crippen molar-refractivity contribution < 1.29 is 188 Å². The molecule has 0 amide bonds. The summed E-state index contributed by atoms with van der Waals surface area (Å²) in [6, 6.07) is 36.4. The number of furan rings is 1. The first-order valence-electron chi connectivity index (χ1n) is 30.6. The number of hydrogen-bond donors (Lipinski definition) is 1. The molecule has 1 aromatic heterocycles. The zero-order chi connectivity index (χ0) is 74.0. The number of halogens is 9. The van der Waals surface area contributed by atoms with Crippen molar-refractivity contribution in [3.63, 3.8) is 0 Å². The molecule has 34 heteroatoms. The number of allylic oxidation sites excluding steroid dienone is 1. The monoisotopic (exact) mass is 1540 g/mol. The predicted octanol–water partition coefficient (Wildman–Crippen LogP) is 5.12. The Balaban J connectivity index is 0.000000670. The number of nitrogens with one attached hydrogen (secondary N) is 1. The van der Waals surface area contributed by atoms with Crippen LogP contribution < -0.4 is 94.0 Å². The van der Waals surface area contributed by atoms with E-state index in [1.807, 2.05) is 38.2 Å². The van der Waals surface area contributed by atoms with Gasteiger partial charge in [0.15, 0.2) is 4.58 Å².